The van der Waals surface area contributed by atoms with E-state index in [1.807, 2.05) is 6.92 Å². The van der Waals surface area contributed by atoms with Crippen LogP contribution in [0.2, 0.25) is 5.02 Å². The van der Waals surface area contributed by atoms with Crippen LogP contribution in [0.15, 0.2) is 22.7 Å². The Morgan fingerprint density at radius 3 is 2.93 bits per heavy atom. The second-order valence-corrected chi connectivity index (χ2v) is 4.06. The van der Waals surface area contributed by atoms with Gasteiger partial charge in [-0.3, -0.25) is 4.79 Å². The van der Waals surface area contributed by atoms with E-state index in [4.69, 9.17) is 11.6 Å². The van der Waals surface area contributed by atoms with E-state index in [0.29, 0.717) is 21.6 Å². The van der Waals surface area contributed by atoms with Crippen LogP contribution in [0.25, 0.3) is 0 Å². The summed E-state index contributed by atoms with van der Waals surface area (Å²) in [7, 11) is 0. The van der Waals surface area contributed by atoms with Gasteiger partial charge < -0.3 is 5.32 Å². The summed E-state index contributed by atoms with van der Waals surface area (Å²) < 4.78 is 0.648. The van der Waals surface area contributed by atoms with E-state index in [2.05, 4.69) is 21.2 Å². The number of amides is 1. The van der Waals surface area contributed by atoms with Gasteiger partial charge in [0, 0.05) is 11.0 Å². The van der Waals surface area contributed by atoms with Crippen molar-refractivity contribution >= 4 is 33.4 Å². The highest BCUT2D eigenvalue weighted by atomic mass is 79.9. The van der Waals surface area contributed by atoms with Crippen LogP contribution in [0.5, 0.6) is 0 Å². The fraction of sp³-hybridized carbons (Fsp3) is 0.300. The molecule has 0 atom stereocenters. The molecule has 1 aromatic rings. The number of rotatable bonds is 3. The van der Waals surface area contributed by atoms with Crippen molar-refractivity contribution in [2.75, 3.05) is 6.54 Å². The third kappa shape index (κ3) is 2.72. The molecule has 0 saturated heterocycles. The quantitative estimate of drug-likeness (QED) is 0.902. The summed E-state index contributed by atoms with van der Waals surface area (Å²) >= 11 is 9.14. The standard InChI is InChI=1S/C10H11BrClNO/c1-2-6-13-10(14)7-4-3-5-8(12)9(7)11/h3-5H,2,6H2,1H3,(H,13,14). The summed E-state index contributed by atoms with van der Waals surface area (Å²) in [6, 6.07) is 5.23. The summed E-state index contributed by atoms with van der Waals surface area (Å²) in [6.07, 6.45) is 0.921. The first-order valence-corrected chi connectivity index (χ1v) is 5.56. The fourth-order valence-corrected chi connectivity index (χ4v) is 1.63. The van der Waals surface area contributed by atoms with E-state index in [9.17, 15) is 4.79 Å². The second-order valence-electron chi connectivity index (χ2n) is 2.86. The molecule has 0 aliphatic rings. The molecule has 0 aliphatic heterocycles. The normalized spacial score (nSPS) is 9.93. The Bertz CT molecular complexity index is 341. The fourth-order valence-electron chi connectivity index (χ4n) is 1.01. The minimum atomic E-state index is -0.0961. The highest BCUT2D eigenvalue weighted by molar-refractivity contribution is 9.10. The van der Waals surface area contributed by atoms with E-state index in [1.54, 1.807) is 18.2 Å². The van der Waals surface area contributed by atoms with Crippen molar-refractivity contribution in [1.29, 1.82) is 0 Å². The van der Waals surface area contributed by atoms with E-state index >= 15 is 0 Å². The lowest BCUT2D eigenvalue weighted by Gasteiger charge is -2.06. The van der Waals surface area contributed by atoms with Gasteiger partial charge in [-0.2, -0.15) is 0 Å². The van der Waals surface area contributed by atoms with Gasteiger partial charge in [-0.15, -0.1) is 0 Å². The molecule has 1 amide bonds. The van der Waals surface area contributed by atoms with Crippen molar-refractivity contribution in [3.8, 4) is 0 Å². The van der Waals surface area contributed by atoms with Gasteiger partial charge in [0.2, 0.25) is 0 Å². The van der Waals surface area contributed by atoms with Crippen LogP contribution in [-0.4, -0.2) is 12.5 Å². The molecule has 0 saturated carbocycles. The highest BCUT2D eigenvalue weighted by Gasteiger charge is 2.10. The average Bonchev–Trinajstić information content (AvgIpc) is 2.18. The smallest absolute Gasteiger partial charge is 0.252 e. The first-order valence-electron chi connectivity index (χ1n) is 4.39. The maximum absolute atomic E-state index is 11.6. The van der Waals surface area contributed by atoms with Gasteiger partial charge in [0.05, 0.1) is 10.6 Å². The number of carbonyl (C=O) groups is 1. The van der Waals surface area contributed by atoms with Gasteiger partial charge in [0.25, 0.3) is 5.91 Å². The van der Waals surface area contributed by atoms with Crippen molar-refractivity contribution in [1.82, 2.24) is 5.32 Å². The van der Waals surface area contributed by atoms with E-state index in [1.165, 1.54) is 0 Å². The Morgan fingerprint density at radius 1 is 1.57 bits per heavy atom. The zero-order valence-electron chi connectivity index (χ0n) is 7.81. The predicted molar refractivity (Wildman–Crippen MR) is 61.8 cm³/mol. The molecule has 76 valence electrons. The number of carbonyl (C=O) groups excluding carboxylic acids is 1. The molecule has 0 unspecified atom stereocenters. The van der Waals surface area contributed by atoms with Gasteiger partial charge in [-0.05, 0) is 34.5 Å². The van der Waals surface area contributed by atoms with Crippen LogP contribution in [0.4, 0.5) is 0 Å². The van der Waals surface area contributed by atoms with Gasteiger partial charge in [0.15, 0.2) is 0 Å². The lowest BCUT2D eigenvalue weighted by atomic mass is 10.2. The number of hydrogen-bond acceptors (Lipinski definition) is 1. The molecular weight excluding hydrogens is 265 g/mol. The average molecular weight is 277 g/mol. The molecule has 0 bridgehead atoms. The number of hydrogen-bond donors (Lipinski definition) is 1. The molecule has 0 aliphatic carbocycles. The molecule has 1 rings (SSSR count). The molecule has 1 aromatic carbocycles. The molecule has 1 N–H and O–H groups in total. The topological polar surface area (TPSA) is 29.1 Å². The monoisotopic (exact) mass is 275 g/mol. The summed E-state index contributed by atoms with van der Waals surface area (Å²) in [5.74, 6) is -0.0961. The molecule has 0 fully saturated rings. The van der Waals surface area contributed by atoms with Gasteiger partial charge in [-0.25, -0.2) is 0 Å². The largest absolute Gasteiger partial charge is 0.352 e. The van der Waals surface area contributed by atoms with Crippen LogP contribution in [0.1, 0.15) is 23.7 Å². The SMILES string of the molecule is CCCNC(=O)c1cccc(Cl)c1Br. The van der Waals surface area contributed by atoms with Crippen molar-refractivity contribution in [2.45, 2.75) is 13.3 Å². The van der Waals surface area contributed by atoms with Crippen LogP contribution in [0.3, 0.4) is 0 Å². The van der Waals surface area contributed by atoms with Crippen LogP contribution < -0.4 is 5.32 Å². The molecular formula is C10H11BrClNO. The summed E-state index contributed by atoms with van der Waals surface area (Å²) in [5.41, 5.74) is 0.575. The Hall–Kier alpha value is -0.540. The van der Waals surface area contributed by atoms with Crippen molar-refractivity contribution < 1.29 is 4.79 Å². The highest BCUT2D eigenvalue weighted by Crippen LogP contribution is 2.25. The summed E-state index contributed by atoms with van der Waals surface area (Å²) in [5, 5.41) is 3.34. The maximum Gasteiger partial charge on any atom is 0.252 e. The minimum Gasteiger partial charge on any atom is -0.352 e. The Labute approximate surface area is 96.8 Å². The predicted octanol–water partition coefficient (Wildman–Crippen LogP) is 3.24. The second kappa shape index (κ2) is 5.37. The third-order valence-corrected chi connectivity index (χ3v) is 3.13. The summed E-state index contributed by atoms with van der Waals surface area (Å²) in [6.45, 7) is 2.69. The van der Waals surface area contributed by atoms with Crippen LogP contribution in [0, 0.1) is 0 Å². The molecule has 0 aromatic heterocycles. The molecule has 0 heterocycles. The Morgan fingerprint density at radius 2 is 2.29 bits per heavy atom. The summed E-state index contributed by atoms with van der Waals surface area (Å²) in [4.78, 5) is 11.6. The molecule has 14 heavy (non-hydrogen) atoms. The molecule has 2 nitrogen and oxygen atoms in total. The van der Waals surface area contributed by atoms with E-state index < -0.39 is 0 Å². The third-order valence-electron chi connectivity index (χ3n) is 1.73. The van der Waals surface area contributed by atoms with E-state index in [0.717, 1.165) is 6.42 Å². The zero-order chi connectivity index (χ0) is 10.6. The van der Waals surface area contributed by atoms with Crippen LogP contribution >= 0.6 is 27.5 Å². The molecule has 0 radical (unpaired) electrons. The van der Waals surface area contributed by atoms with Gasteiger partial charge >= 0.3 is 0 Å². The lowest BCUT2D eigenvalue weighted by Crippen LogP contribution is -2.24. The van der Waals surface area contributed by atoms with E-state index in [-0.39, 0.29) is 5.91 Å². The Kier molecular flexibility index (Phi) is 4.42. The lowest BCUT2D eigenvalue weighted by molar-refractivity contribution is 0.0953. The van der Waals surface area contributed by atoms with Gasteiger partial charge in [-0.1, -0.05) is 24.6 Å². The molecule has 0 spiro atoms. The maximum atomic E-state index is 11.6. The van der Waals surface area contributed by atoms with Crippen molar-refractivity contribution in [3.63, 3.8) is 0 Å². The number of halogens is 2. The van der Waals surface area contributed by atoms with Gasteiger partial charge in [0.1, 0.15) is 0 Å². The first-order chi connectivity index (χ1) is 6.66. The Balaban J connectivity index is 2.84. The zero-order valence-corrected chi connectivity index (χ0v) is 10.2. The van der Waals surface area contributed by atoms with Crippen molar-refractivity contribution in [2.24, 2.45) is 0 Å². The number of nitrogens with one attached hydrogen (secondary N) is 1. The first kappa shape index (κ1) is 11.5. The minimum absolute atomic E-state index is 0.0961. The molecule has 4 heteroatoms. The van der Waals surface area contributed by atoms with Crippen LogP contribution in [-0.2, 0) is 0 Å². The number of benzene rings is 1. The van der Waals surface area contributed by atoms with Crippen molar-refractivity contribution in [3.05, 3.63) is 33.3 Å².